The topological polar surface area (TPSA) is 117 Å². The fourth-order valence-electron chi connectivity index (χ4n) is 4.98. The van der Waals surface area contributed by atoms with Gasteiger partial charge in [0.2, 0.25) is 0 Å². The fraction of sp³-hybridized carbons (Fsp3) is 0.194. The standard InChI is InChI=1S/C31H26FN5O4S2/c1-33-19-11-12-24(22(32)16-19)41-15-5-10-26-27(29(39)40)35-31(43-26)37-14-13-18-6-4-7-20(21(18)17-37)28(38)36-30-34-23-8-2-3-9-25(23)42-30/h2-4,6-9,11-12,16H,1,5,10,13-15,17H2,(H,39,40)(H,34,36,38). The lowest BCUT2D eigenvalue weighted by molar-refractivity contribution is 0.0690. The second-order valence-electron chi connectivity index (χ2n) is 9.85. The van der Waals surface area contributed by atoms with E-state index in [2.05, 4.69) is 27.0 Å². The van der Waals surface area contributed by atoms with Gasteiger partial charge in [-0.3, -0.25) is 15.1 Å². The summed E-state index contributed by atoms with van der Waals surface area (Å²) in [6.07, 6.45) is 1.57. The summed E-state index contributed by atoms with van der Waals surface area (Å²) in [6, 6.07) is 17.8. The molecular weight excluding hydrogens is 590 g/mol. The van der Waals surface area contributed by atoms with Gasteiger partial charge in [-0.25, -0.2) is 19.2 Å². The first kappa shape index (κ1) is 28.4. The van der Waals surface area contributed by atoms with Crippen LogP contribution in [-0.4, -0.2) is 46.8 Å². The number of para-hydroxylation sites is 1. The smallest absolute Gasteiger partial charge is 0.355 e. The second kappa shape index (κ2) is 12.3. The van der Waals surface area contributed by atoms with Gasteiger partial charge < -0.3 is 14.7 Å². The van der Waals surface area contributed by atoms with Crippen LogP contribution in [0, 0.1) is 5.82 Å². The molecule has 1 aliphatic rings. The van der Waals surface area contributed by atoms with Crippen LogP contribution in [0.2, 0.25) is 0 Å². The Morgan fingerprint density at radius 1 is 1.12 bits per heavy atom. The Hall–Kier alpha value is -4.68. The molecule has 0 spiro atoms. The van der Waals surface area contributed by atoms with Crippen LogP contribution in [0.3, 0.4) is 0 Å². The molecule has 0 saturated carbocycles. The average molecular weight is 616 g/mol. The van der Waals surface area contributed by atoms with Crippen LogP contribution in [0.15, 0.2) is 65.7 Å². The van der Waals surface area contributed by atoms with Gasteiger partial charge in [-0.1, -0.05) is 35.6 Å². The molecule has 5 aromatic rings. The summed E-state index contributed by atoms with van der Waals surface area (Å²) in [4.78, 5) is 40.7. The number of amides is 1. The number of thiazole rings is 2. The maximum atomic E-state index is 14.2. The number of nitrogens with one attached hydrogen (secondary N) is 1. The molecule has 3 aromatic carbocycles. The number of rotatable bonds is 10. The van der Waals surface area contributed by atoms with Crippen molar-refractivity contribution in [1.82, 2.24) is 9.97 Å². The molecule has 2 aromatic heterocycles. The number of hydrogen-bond acceptors (Lipinski definition) is 9. The van der Waals surface area contributed by atoms with Crippen LogP contribution in [-0.2, 0) is 19.4 Å². The van der Waals surface area contributed by atoms with E-state index in [1.807, 2.05) is 41.3 Å². The first-order chi connectivity index (χ1) is 20.9. The van der Waals surface area contributed by atoms with E-state index in [0.29, 0.717) is 58.7 Å². The zero-order valence-corrected chi connectivity index (χ0v) is 24.5. The van der Waals surface area contributed by atoms with Gasteiger partial charge in [-0.15, -0.1) is 11.3 Å². The summed E-state index contributed by atoms with van der Waals surface area (Å²) < 4.78 is 20.7. The van der Waals surface area contributed by atoms with Gasteiger partial charge >= 0.3 is 5.97 Å². The molecule has 2 N–H and O–H groups in total. The molecular formula is C31H26FN5O4S2. The molecule has 0 bridgehead atoms. The maximum absolute atomic E-state index is 14.2. The number of benzene rings is 3. The highest BCUT2D eigenvalue weighted by Gasteiger charge is 2.26. The summed E-state index contributed by atoms with van der Waals surface area (Å²) in [5.41, 5.74) is 3.75. The molecule has 12 heteroatoms. The third-order valence-corrected chi connectivity index (χ3v) is 9.22. The lowest BCUT2D eigenvalue weighted by Crippen LogP contribution is -2.32. The van der Waals surface area contributed by atoms with Gasteiger partial charge in [0.25, 0.3) is 5.91 Å². The third kappa shape index (κ3) is 6.11. The van der Waals surface area contributed by atoms with Crippen LogP contribution in [0.1, 0.15) is 43.3 Å². The summed E-state index contributed by atoms with van der Waals surface area (Å²) >= 11 is 2.74. The van der Waals surface area contributed by atoms with Crippen LogP contribution in [0.4, 0.5) is 20.3 Å². The largest absolute Gasteiger partial charge is 0.491 e. The van der Waals surface area contributed by atoms with Crippen molar-refractivity contribution in [3.63, 3.8) is 0 Å². The first-order valence-corrected chi connectivity index (χ1v) is 15.2. The minimum atomic E-state index is -1.11. The molecule has 9 nitrogen and oxygen atoms in total. The van der Waals surface area contributed by atoms with Crippen LogP contribution >= 0.6 is 22.7 Å². The molecule has 0 saturated heterocycles. The average Bonchev–Trinajstić information content (AvgIpc) is 3.63. The van der Waals surface area contributed by atoms with E-state index in [1.165, 1.54) is 34.8 Å². The number of halogens is 1. The highest BCUT2D eigenvalue weighted by Crippen LogP contribution is 2.33. The molecule has 1 amide bonds. The van der Waals surface area contributed by atoms with E-state index in [0.717, 1.165) is 21.3 Å². The van der Waals surface area contributed by atoms with Crippen molar-refractivity contribution in [2.45, 2.75) is 25.8 Å². The molecule has 218 valence electrons. The third-order valence-electron chi connectivity index (χ3n) is 7.09. The van der Waals surface area contributed by atoms with Crippen molar-refractivity contribution < 1.29 is 23.8 Å². The van der Waals surface area contributed by atoms with E-state index in [4.69, 9.17) is 4.74 Å². The summed E-state index contributed by atoms with van der Waals surface area (Å²) in [6.45, 7) is 4.64. The van der Waals surface area contributed by atoms with Crippen LogP contribution < -0.4 is 15.0 Å². The van der Waals surface area contributed by atoms with E-state index in [-0.39, 0.29) is 24.0 Å². The number of nitrogens with zero attached hydrogens (tertiary/aromatic N) is 4. The lowest BCUT2D eigenvalue weighted by atomic mass is 9.94. The normalized spacial score (nSPS) is 12.6. The summed E-state index contributed by atoms with van der Waals surface area (Å²) in [5, 5.41) is 13.9. The number of fused-ring (bicyclic) bond motifs is 2. The molecule has 0 radical (unpaired) electrons. The molecule has 6 rings (SSSR count). The number of aromatic nitrogens is 2. The number of aliphatic imine (C=N–C) groups is 1. The molecule has 0 aliphatic carbocycles. The SMILES string of the molecule is C=Nc1ccc(OCCCc2sc(N3CCc4cccc(C(=O)Nc5nc6ccccc6s5)c4C3)nc2C(=O)O)c(F)c1. The van der Waals surface area contributed by atoms with Crippen molar-refractivity contribution in [3.8, 4) is 5.75 Å². The van der Waals surface area contributed by atoms with E-state index < -0.39 is 11.8 Å². The predicted molar refractivity (Wildman–Crippen MR) is 167 cm³/mol. The van der Waals surface area contributed by atoms with Gasteiger partial charge in [0, 0.05) is 29.6 Å². The van der Waals surface area contributed by atoms with Gasteiger partial charge in [-0.05, 0) is 67.4 Å². The highest BCUT2D eigenvalue weighted by atomic mass is 32.1. The van der Waals surface area contributed by atoms with E-state index in [1.54, 1.807) is 12.1 Å². The van der Waals surface area contributed by atoms with Crippen LogP contribution in [0.5, 0.6) is 5.75 Å². The second-order valence-corrected chi connectivity index (χ2v) is 11.9. The molecule has 0 atom stereocenters. The Labute approximate surface area is 254 Å². The molecule has 0 unspecified atom stereocenters. The minimum Gasteiger partial charge on any atom is -0.491 e. The zero-order valence-electron chi connectivity index (χ0n) is 22.9. The van der Waals surface area contributed by atoms with Crippen LogP contribution in [0.25, 0.3) is 10.2 Å². The fourth-order valence-corrected chi connectivity index (χ4v) is 6.96. The number of ether oxygens (including phenoxy) is 1. The molecule has 0 fully saturated rings. The summed E-state index contributed by atoms with van der Waals surface area (Å²) in [7, 11) is 0. The van der Waals surface area contributed by atoms with E-state index >= 15 is 0 Å². The number of carboxylic acid groups (broad SMARTS) is 1. The Morgan fingerprint density at radius 2 is 1.98 bits per heavy atom. The minimum absolute atomic E-state index is 0.000233. The highest BCUT2D eigenvalue weighted by molar-refractivity contribution is 7.22. The Bertz CT molecular complexity index is 1820. The number of anilines is 2. The maximum Gasteiger partial charge on any atom is 0.355 e. The Balaban J connectivity index is 1.15. The van der Waals surface area contributed by atoms with Gasteiger partial charge in [0.15, 0.2) is 27.5 Å². The number of aryl methyl sites for hydroxylation is 1. The lowest BCUT2D eigenvalue weighted by Gasteiger charge is -2.29. The first-order valence-electron chi connectivity index (χ1n) is 13.5. The number of hydrogen-bond donors (Lipinski definition) is 2. The Morgan fingerprint density at radius 3 is 2.77 bits per heavy atom. The predicted octanol–water partition coefficient (Wildman–Crippen LogP) is 6.75. The number of aromatic carboxylic acids is 1. The van der Waals surface area contributed by atoms with Gasteiger partial charge in [0.1, 0.15) is 0 Å². The molecule has 43 heavy (non-hydrogen) atoms. The van der Waals surface area contributed by atoms with Crippen molar-refractivity contribution in [3.05, 3.63) is 93.7 Å². The zero-order chi connectivity index (χ0) is 29.9. The number of carbonyl (C=O) groups excluding carboxylic acids is 1. The van der Waals surface area contributed by atoms with Gasteiger partial charge in [-0.2, -0.15) is 0 Å². The van der Waals surface area contributed by atoms with Crippen molar-refractivity contribution >= 4 is 67.4 Å². The molecule has 1 aliphatic heterocycles. The van der Waals surface area contributed by atoms with Crippen molar-refractivity contribution in [2.75, 3.05) is 23.4 Å². The molecule has 3 heterocycles. The number of carboxylic acids is 1. The monoisotopic (exact) mass is 615 g/mol. The number of carbonyl (C=O) groups is 2. The summed E-state index contributed by atoms with van der Waals surface area (Å²) in [5.74, 6) is -1.78. The quantitative estimate of drug-likeness (QED) is 0.132. The van der Waals surface area contributed by atoms with E-state index in [9.17, 15) is 19.1 Å². The Kier molecular flexibility index (Phi) is 8.12. The van der Waals surface area contributed by atoms with Gasteiger partial charge in [0.05, 0.1) is 22.5 Å². The van der Waals surface area contributed by atoms with Crippen molar-refractivity contribution in [1.29, 1.82) is 0 Å². The van der Waals surface area contributed by atoms with Crippen molar-refractivity contribution in [2.24, 2.45) is 4.99 Å².